The van der Waals surface area contributed by atoms with E-state index in [1.165, 1.54) is 0 Å². The number of rotatable bonds is 0. The molecule has 0 rings (SSSR count). The van der Waals surface area contributed by atoms with E-state index >= 15 is 0 Å². The third-order valence-electron chi connectivity index (χ3n) is 0. The van der Waals surface area contributed by atoms with E-state index < -0.39 is 0 Å². The fourth-order valence-corrected chi connectivity index (χ4v) is 0. The topological polar surface area (TPSA) is 0 Å². The van der Waals surface area contributed by atoms with Crippen molar-refractivity contribution in [1.82, 2.24) is 0 Å². The molecule has 0 aliphatic heterocycles. The second-order valence-corrected chi connectivity index (χ2v) is 23.4. The fraction of sp³-hybridized carbons (Fsp3) is 1.00. The summed E-state index contributed by atoms with van der Waals surface area (Å²) in [6, 6.07) is 0. The Morgan fingerprint density at radius 2 is 0.429 bits per heavy atom. The molecule has 0 saturated carbocycles. The molecule has 0 nitrogen and oxygen atoms in total. The molecular weight excluding hydrogens is 438 g/mol. The second-order valence-electron chi connectivity index (χ2n) is 4.50. The van der Waals surface area contributed by atoms with E-state index in [1.54, 1.807) is 0 Å². The maximum atomic E-state index is 2.33. The predicted molar refractivity (Wildman–Crippen MR) is 81.5 cm³/mol. The molecule has 0 bridgehead atoms. The van der Waals surface area contributed by atoms with Crippen LogP contribution in [0.2, 0.25) is 51.8 Å². The number of hydrogen-bond donors (Lipinski definition) is 0. The Balaban J connectivity index is -0.0000000270. The molecule has 0 atom stereocenters. The van der Waals surface area contributed by atoms with Gasteiger partial charge in [0.05, 0.1) is 0 Å². The van der Waals surface area contributed by atoms with E-state index in [4.69, 9.17) is 0 Å². The first-order valence-corrected chi connectivity index (χ1v) is 23.4. The molecule has 0 aliphatic rings. The zero-order chi connectivity index (χ0) is 10.7. The van der Waals surface area contributed by atoms with Crippen molar-refractivity contribution in [3.8, 4) is 0 Å². The molecule has 0 aromatic heterocycles. The Morgan fingerprint density at radius 3 is 0.429 bits per heavy atom. The molecule has 0 amide bonds. The summed E-state index contributed by atoms with van der Waals surface area (Å²) in [7, 11) is 0. The van der Waals surface area contributed by atoms with Crippen LogP contribution in [0.5, 0.6) is 0 Å². The van der Waals surface area contributed by atoms with E-state index in [0.29, 0.717) is 0 Å². The average molecular weight is 465 g/mol. The van der Waals surface area contributed by atoms with E-state index in [-0.39, 0.29) is 112 Å². The van der Waals surface area contributed by atoms with Crippen LogP contribution in [0.15, 0.2) is 0 Å². The third-order valence-corrected chi connectivity index (χ3v) is 0. The Bertz CT molecular complexity index is 45.3. The van der Waals surface area contributed by atoms with Crippen LogP contribution in [-0.4, -0.2) is 112 Å². The molecule has 0 aromatic rings. The summed E-state index contributed by atoms with van der Waals surface area (Å²) in [5.41, 5.74) is 0. The molecule has 0 saturated heterocycles. The third kappa shape index (κ3) is 239. The normalized spacial score (nSPS) is 7.71. The summed E-state index contributed by atoms with van der Waals surface area (Å²) < 4.78 is 0. The molecule has 0 aromatic carbocycles. The van der Waals surface area contributed by atoms with Crippen LogP contribution in [-0.2, 0) is 0 Å². The Morgan fingerprint density at radius 1 is 0.429 bits per heavy atom. The van der Waals surface area contributed by atoms with Gasteiger partial charge in [0.15, 0.2) is 0 Å². The minimum absolute atomic E-state index is 0. The first-order chi connectivity index (χ1) is 5.20. The van der Waals surface area contributed by atoms with Gasteiger partial charge in [0, 0.05) is 69.0 Å². The number of hydrogen-bond acceptors (Lipinski definition) is 0. The van der Waals surface area contributed by atoms with Crippen LogP contribution >= 0.6 is 0 Å². The van der Waals surface area contributed by atoms with Gasteiger partial charge in [-0.25, -0.2) is 0 Å². The van der Waals surface area contributed by atoms with Crippen LogP contribution in [0, 0.1) is 0 Å². The van der Waals surface area contributed by atoms with Crippen LogP contribution in [0.1, 0.15) is 0 Å². The molecule has 0 spiro atoms. The molecular formula is C9H27Ge4K. The van der Waals surface area contributed by atoms with Gasteiger partial charge in [0.1, 0.15) is 0 Å². The van der Waals surface area contributed by atoms with Crippen molar-refractivity contribution in [2.45, 2.75) is 51.8 Å². The van der Waals surface area contributed by atoms with Gasteiger partial charge >= 0.3 is 94.9 Å². The monoisotopic (exact) mass is 470 g/mol. The fourth-order valence-electron chi connectivity index (χ4n) is 0. The minimum Gasteiger partial charge on any atom is 0 e. The van der Waals surface area contributed by atoms with Gasteiger partial charge in [-0.05, 0) is 0 Å². The summed E-state index contributed by atoms with van der Waals surface area (Å²) in [6.45, 7) is 0. The summed E-state index contributed by atoms with van der Waals surface area (Å²) in [6.07, 6.45) is 0. The molecule has 0 N–H and O–H groups in total. The van der Waals surface area contributed by atoms with Crippen LogP contribution < -0.4 is 0 Å². The molecule has 14 heavy (non-hydrogen) atoms. The standard InChI is InChI=1S/3C3H9Ge.Ge.K/c3*1-4(2)3;;/h3*1-3H3;;. The molecule has 0 heterocycles. The molecule has 80 valence electrons. The molecule has 0 unspecified atom stereocenters. The van der Waals surface area contributed by atoms with E-state index in [0.717, 1.165) is 0 Å². The Hall–Kier alpha value is 3.81. The van der Waals surface area contributed by atoms with Gasteiger partial charge in [-0.2, -0.15) is 0 Å². The zero-order valence-electron chi connectivity index (χ0n) is 12.0. The van der Waals surface area contributed by atoms with Gasteiger partial charge in [0.25, 0.3) is 0 Å². The SMILES string of the molecule is [CH3][Ge]([CH3])[CH3].[CH3][Ge]([CH3])[CH3].[CH3][Ge]([CH3])[CH3].[Ge].[K]. The van der Waals surface area contributed by atoms with Crippen LogP contribution in [0.4, 0.5) is 0 Å². The average Bonchev–Trinajstić information content (AvgIpc) is 1.54. The summed E-state index contributed by atoms with van der Waals surface area (Å²) in [5.74, 6) is 21.0. The smallest absolute Gasteiger partial charge is 0 e. The largest absolute Gasteiger partial charge is 0 e. The molecule has 8 radical (unpaired) electrons. The second kappa shape index (κ2) is 25.6. The predicted octanol–water partition coefficient (Wildman–Crippen LogP) is 3.35. The van der Waals surface area contributed by atoms with E-state index in [9.17, 15) is 0 Å². The molecule has 0 aliphatic carbocycles. The van der Waals surface area contributed by atoms with Gasteiger partial charge in [0.2, 0.25) is 0 Å². The maximum Gasteiger partial charge on any atom is 0 e. The van der Waals surface area contributed by atoms with Gasteiger partial charge < -0.3 is 0 Å². The van der Waals surface area contributed by atoms with Crippen molar-refractivity contribution >= 4 is 112 Å². The maximum absolute atomic E-state index is 2.33. The van der Waals surface area contributed by atoms with Crippen molar-refractivity contribution < 1.29 is 0 Å². The molecule has 0 fully saturated rings. The van der Waals surface area contributed by atoms with Gasteiger partial charge in [-0.1, -0.05) is 0 Å². The summed E-state index contributed by atoms with van der Waals surface area (Å²) in [5, 5.41) is 0. The van der Waals surface area contributed by atoms with Gasteiger partial charge in [-0.3, -0.25) is 0 Å². The van der Waals surface area contributed by atoms with Crippen LogP contribution in [0.3, 0.4) is 0 Å². The van der Waals surface area contributed by atoms with Crippen LogP contribution in [0.25, 0.3) is 0 Å². The van der Waals surface area contributed by atoms with E-state index in [2.05, 4.69) is 51.8 Å². The first kappa shape index (κ1) is 30.7. The van der Waals surface area contributed by atoms with Crippen molar-refractivity contribution in [1.29, 1.82) is 0 Å². The molecule has 5 heteroatoms. The van der Waals surface area contributed by atoms with Crippen molar-refractivity contribution in [3.05, 3.63) is 0 Å². The van der Waals surface area contributed by atoms with Crippen molar-refractivity contribution in [3.63, 3.8) is 0 Å². The van der Waals surface area contributed by atoms with E-state index in [1.807, 2.05) is 0 Å². The first-order valence-electron chi connectivity index (χ1n) is 4.50. The van der Waals surface area contributed by atoms with Gasteiger partial charge in [-0.15, -0.1) is 0 Å². The minimum atomic E-state index is -0.333. The Kier molecular flexibility index (Phi) is 56.1. The summed E-state index contributed by atoms with van der Waals surface area (Å²) >= 11 is -1.00. The zero-order valence-corrected chi connectivity index (χ0v) is 23.5. The van der Waals surface area contributed by atoms with Crippen molar-refractivity contribution in [2.75, 3.05) is 0 Å². The quantitative estimate of drug-likeness (QED) is 0.482. The Labute approximate surface area is 160 Å². The van der Waals surface area contributed by atoms with Crippen molar-refractivity contribution in [2.24, 2.45) is 0 Å². The summed E-state index contributed by atoms with van der Waals surface area (Å²) in [4.78, 5) is 0.